The Morgan fingerprint density at radius 3 is 2.71 bits per heavy atom. The van der Waals surface area contributed by atoms with Crippen molar-refractivity contribution in [2.24, 2.45) is 5.92 Å². The summed E-state index contributed by atoms with van der Waals surface area (Å²) in [5.41, 5.74) is 1.19. The first-order valence-corrected chi connectivity index (χ1v) is 9.12. The second-order valence-electron chi connectivity index (χ2n) is 6.54. The Morgan fingerprint density at radius 1 is 1.33 bits per heavy atom. The minimum Gasteiger partial charge on any atom is -0.374 e. The number of ether oxygens (including phenoxy) is 1. The van der Waals surface area contributed by atoms with Gasteiger partial charge in [0.1, 0.15) is 11.6 Å². The molecule has 5 heteroatoms. The molecule has 1 N–H and O–H groups in total. The highest BCUT2D eigenvalue weighted by Crippen LogP contribution is 2.43. The number of fused-ring (bicyclic) bond motifs is 2. The zero-order valence-electron chi connectivity index (χ0n) is 13.0. The van der Waals surface area contributed by atoms with Crippen LogP contribution in [0, 0.1) is 9.49 Å². The summed E-state index contributed by atoms with van der Waals surface area (Å²) in [5.74, 6) is 2.99. The molecule has 2 aliphatic heterocycles. The second-order valence-corrected chi connectivity index (χ2v) is 7.61. The van der Waals surface area contributed by atoms with Crippen molar-refractivity contribution in [3.05, 3.63) is 15.1 Å². The topological polar surface area (TPSA) is 47.0 Å². The van der Waals surface area contributed by atoms with Gasteiger partial charge in [-0.15, -0.1) is 0 Å². The largest absolute Gasteiger partial charge is 0.374 e. The average molecular weight is 401 g/mol. The van der Waals surface area contributed by atoms with Gasteiger partial charge in [0.05, 0.1) is 21.5 Å². The van der Waals surface area contributed by atoms with E-state index in [1.165, 1.54) is 22.1 Å². The van der Waals surface area contributed by atoms with Crippen LogP contribution in [-0.2, 0) is 11.2 Å². The van der Waals surface area contributed by atoms with Crippen molar-refractivity contribution in [2.75, 3.05) is 11.9 Å². The van der Waals surface area contributed by atoms with Gasteiger partial charge in [0.25, 0.3) is 0 Å². The van der Waals surface area contributed by atoms with Crippen molar-refractivity contribution in [2.45, 2.75) is 64.6 Å². The van der Waals surface area contributed by atoms with E-state index in [0.717, 1.165) is 31.0 Å². The lowest BCUT2D eigenvalue weighted by molar-refractivity contribution is 0.0998. The molecule has 3 rings (SSSR count). The van der Waals surface area contributed by atoms with Crippen LogP contribution in [0.25, 0.3) is 0 Å². The van der Waals surface area contributed by atoms with Gasteiger partial charge in [-0.05, 0) is 61.1 Å². The molecule has 3 atom stereocenters. The van der Waals surface area contributed by atoms with E-state index in [9.17, 15) is 0 Å². The Morgan fingerprint density at radius 2 is 2.14 bits per heavy atom. The molecule has 0 radical (unpaired) electrons. The molecule has 1 aromatic heterocycles. The number of hydrogen-bond donors (Lipinski definition) is 1. The molecule has 3 unspecified atom stereocenters. The van der Waals surface area contributed by atoms with Crippen molar-refractivity contribution >= 4 is 28.4 Å². The van der Waals surface area contributed by atoms with Crippen molar-refractivity contribution < 1.29 is 4.74 Å². The van der Waals surface area contributed by atoms with Crippen LogP contribution < -0.4 is 5.32 Å². The maximum absolute atomic E-state index is 5.99. The van der Waals surface area contributed by atoms with Crippen molar-refractivity contribution in [1.82, 2.24) is 9.97 Å². The highest BCUT2D eigenvalue weighted by Gasteiger charge is 2.43. The number of hydrogen-bond acceptors (Lipinski definition) is 4. The first-order chi connectivity index (χ1) is 10.1. The lowest BCUT2D eigenvalue weighted by Gasteiger charge is -2.20. The summed E-state index contributed by atoms with van der Waals surface area (Å²) < 4.78 is 7.16. The molecule has 1 aromatic rings. The van der Waals surface area contributed by atoms with E-state index < -0.39 is 0 Å². The van der Waals surface area contributed by atoms with E-state index in [0.29, 0.717) is 24.0 Å². The Kier molecular flexibility index (Phi) is 4.69. The van der Waals surface area contributed by atoms with Crippen LogP contribution in [0.2, 0.25) is 0 Å². The number of nitrogens with zero attached hydrogens (tertiary/aromatic N) is 2. The third kappa shape index (κ3) is 3.18. The van der Waals surface area contributed by atoms with E-state index in [1.54, 1.807) is 0 Å². The van der Waals surface area contributed by atoms with Gasteiger partial charge in [-0.1, -0.05) is 13.8 Å². The molecule has 4 nitrogen and oxygen atoms in total. The monoisotopic (exact) mass is 401 g/mol. The predicted molar refractivity (Wildman–Crippen MR) is 92.7 cm³/mol. The molecule has 0 spiro atoms. The van der Waals surface area contributed by atoms with Gasteiger partial charge >= 0.3 is 0 Å². The number of rotatable bonds is 5. The average Bonchev–Trinajstić information content (AvgIpc) is 3.05. The summed E-state index contributed by atoms with van der Waals surface area (Å²) >= 11 is 2.38. The maximum Gasteiger partial charge on any atom is 0.143 e. The summed E-state index contributed by atoms with van der Waals surface area (Å²) in [6.45, 7) is 7.48. The van der Waals surface area contributed by atoms with Gasteiger partial charge in [-0.25, -0.2) is 9.97 Å². The van der Waals surface area contributed by atoms with Crippen molar-refractivity contribution in [1.29, 1.82) is 0 Å². The highest BCUT2D eigenvalue weighted by molar-refractivity contribution is 14.1. The van der Waals surface area contributed by atoms with Gasteiger partial charge in [-0.3, -0.25) is 0 Å². The smallest absolute Gasteiger partial charge is 0.143 e. The maximum atomic E-state index is 5.99. The third-order valence-corrected chi connectivity index (χ3v) is 5.45. The molecule has 0 aromatic carbocycles. The summed E-state index contributed by atoms with van der Waals surface area (Å²) in [6.07, 6.45) is 5.27. The number of aromatic nitrogens is 2. The van der Waals surface area contributed by atoms with Crippen molar-refractivity contribution in [3.63, 3.8) is 0 Å². The molecular weight excluding hydrogens is 377 g/mol. The molecule has 0 saturated carbocycles. The van der Waals surface area contributed by atoms with Crippen LogP contribution in [0.4, 0.5) is 5.82 Å². The zero-order valence-corrected chi connectivity index (χ0v) is 15.2. The molecule has 116 valence electrons. The summed E-state index contributed by atoms with van der Waals surface area (Å²) in [7, 11) is 0. The molecule has 2 saturated heterocycles. The third-order valence-electron chi connectivity index (χ3n) is 4.32. The van der Waals surface area contributed by atoms with Gasteiger partial charge in [0, 0.05) is 12.5 Å². The molecule has 21 heavy (non-hydrogen) atoms. The fourth-order valence-corrected chi connectivity index (χ4v) is 4.05. The van der Waals surface area contributed by atoms with Crippen LogP contribution in [0.5, 0.6) is 0 Å². The van der Waals surface area contributed by atoms with Crippen LogP contribution in [0.15, 0.2) is 0 Å². The second kappa shape index (κ2) is 6.36. The molecule has 0 amide bonds. The summed E-state index contributed by atoms with van der Waals surface area (Å²) in [4.78, 5) is 9.74. The van der Waals surface area contributed by atoms with Gasteiger partial charge in [0.2, 0.25) is 0 Å². The van der Waals surface area contributed by atoms with Crippen LogP contribution >= 0.6 is 22.6 Å². The molecule has 2 aliphatic rings. The zero-order chi connectivity index (χ0) is 15.0. The molecule has 0 aliphatic carbocycles. The molecule has 3 heterocycles. The number of halogens is 1. The van der Waals surface area contributed by atoms with E-state index >= 15 is 0 Å². The van der Waals surface area contributed by atoms with E-state index in [2.05, 4.69) is 48.7 Å². The van der Waals surface area contributed by atoms with E-state index in [1.807, 2.05) is 0 Å². The highest BCUT2D eigenvalue weighted by atomic mass is 127. The Labute approximate surface area is 140 Å². The first-order valence-electron chi connectivity index (χ1n) is 8.04. The minimum absolute atomic E-state index is 0.344. The Bertz CT molecular complexity index is 520. The van der Waals surface area contributed by atoms with Gasteiger partial charge < -0.3 is 10.1 Å². The fourth-order valence-electron chi connectivity index (χ4n) is 3.39. The summed E-state index contributed by atoms with van der Waals surface area (Å²) in [6, 6.07) is 0. The Balaban J connectivity index is 1.93. The van der Waals surface area contributed by atoms with Gasteiger partial charge in [0.15, 0.2) is 0 Å². The quantitative estimate of drug-likeness (QED) is 0.764. The molecule has 2 bridgehead atoms. The lowest BCUT2D eigenvalue weighted by atomic mass is 9.88. The molecular formula is C16H24IN3O. The minimum atomic E-state index is 0.344. The predicted octanol–water partition coefficient (Wildman–Crippen LogP) is 3.75. The fraction of sp³-hybridized carbons (Fsp3) is 0.750. The standard InChI is InChI=1S/C16H24IN3O/c1-4-18-16-14(17)12(7-9(2)3)19-15(20-16)11-8-10-5-6-13(11)21-10/h9-11,13H,4-8H2,1-3H3,(H,18,19,20). The van der Waals surface area contributed by atoms with Crippen molar-refractivity contribution in [3.8, 4) is 0 Å². The normalized spacial score (nSPS) is 27.6. The van der Waals surface area contributed by atoms with E-state index in [4.69, 9.17) is 14.7 Å². The lowest BCUT2D eigenvalue weighted by Crippen LogP contribution is -2.20. The SMILES string of the molecule is CCNc1nc(C2CC3CCC2O3)nc(CC(C)C)c1I. The Hall–Kier alpha value is -0.430. The number of anilines is 1. The van der Waals surface area contributed by atoms with Crippen LogP contribution in [-0.4, -0.2) is 28.7 Å². The van der Waals surface area contributed by atoms with E-state index in [-0.39, 0.29) is 0 Å². The van der Waals surface area contributed by atoms with Crippen LogP contribution in [0.3, 0.4) is 0 Å². The first kappa shape index (κ1) is 15.5. The van der Waals surface area contributed by atoms with Crippen LogP contribution in [0.1, 0.15) is 57.5 Å². The molecule has 2 fully saturated rings. The number of nitrogens with one attached hydrogen (secondary N) is 1. The van der Waals surface area contributed by atoms with Gasteiger partial charge in [-0.2, -0.15) is 0 Å². The summed E-state index contributed by atoms with van der Waals surface area (Å²) in [5, 5.41) is 3.40.